The predicted molar refractivity (Wildman–Crippen MR) is 164 cm³/mol. The van der Waals surface area contributed by atoms with Crippen LogP contribution in [0.3, 0.4) is 0 Å². The molecule has 11 heteroatoms. The van der Waals surface area contributed by atoms with E-state index in [1.54, 1.807) is 29.6 Å². The van der Waals surface area contributed by atoms with Crippen LogP contribution in [0.4, 0.5) is 16.2 Å². The lowest BCUT2D eigenvalue weighted by atomic mass is 10.1. The molecule has 2 amide bonds. The number of hydrogen-bond donors (Lipinski definition) is 4. The highest BCUT2D eigenvalue weighted by Crippen LogP contribution is 2.52. The SMILES string of the molecule is O=C(O)NC(Cc1ccccc1)C(=O)Nc1ccc2c(c1)Sc1cccc(-c3cc(N4CCOCC4)cc(=O)[nH]3)c1S2. The number of carbonyl (C=O) groups is 2. The molecule has 0 radical (unpaired) electrons. The zero-order chi connectivity index (χ0) is 29.1. The van der Waals surface area contributed by atoms with Gasteiger partial charge < -0.3 is 30.4 Å². The van der Waals surface area contributed by atoms with Crippen LogP contribution in [0.2, 0.25) is 0 Å². The molecule has 0 spiro atoms. The monoisotopic (exact) mass is 600 g/mol. The van der Waals surface area contributed by atoms with Crippen LogP contribution < -0.4 is 21.1 Å². The van der Waals surface area contributed by atoms with Gasteiger partial charge in [0.15, 0.2) is 0 Å². The fraction of sp³-hybridized carbons (Fsp3) is 0.194. The number of benzene rings is 3. The van der Waals surface area contributed by atoms with Crippen molar-refractivity contribution in [3.8, 4) is 11.3 Å². The van der Waals surface area contributed by atoms with Crippen molar-refractivity contribution in [3.05, 3.63) is 94.8 Å². The molecule has 1 saturated heterocycles. The first-order valence-corrected chi connectivity index (χ1v) is 15.1. The van der Waals surface area contributed by atoms with Crippen molar-refractivity contribution >= 4 is 46.9 Å². The summed E-state index contributed by atoms with van der Waals surface area (Å²) in [5, 5.41) is 14.5. The van der Waals surface area contributed by atoms with Crippen molar-refractivity contribution in [2.75, 3.05) is 36.5 Å². The summed E-state index contributed by atoms with van der Waals surface area (Å²) in [5.41, 5.74) is 3.88. The van der Waals surface area contributed by atoms with E-state index in [0.717, 1.165) is 55.2 Å². The summed E-state index contributed by atoms with van der Waals surface area (Å²) in [6, 6.07) is 23.7. The number of pyridine rings is 1. The number of carbonyl (C=O) groups excluding carboxylic acids is 1. The number of ether oxygens (including phenoxy) is 1. The summed E-state index contributed by atoms with van der Waals surface area (Å²) in [6.07, 6.45) is -1.02. The van der Waals surface area contributed by atoms with Crippen LogP contribution in [-0.2, 0) is 16.0 Å². The van der Waals surface area contributed by atoms with Crippen LogP contribution >= 0.6 is 23.5 Å². The second-order valence-electron chi connectivity index (χ2n) is 9.90. The topological polar surface area (TPSA) is 124 Å². The highest BCUT2D eigenvalue weighted by Gasteiger charge is 2.24. The van der Waals surface area contributed by atoms with Crippen LogP contribution in [0.25, 0.3) is 11.3 Å². The van der Waals surface area contributed by atoms with E-state index in [4.69, 9.17) is 4.74 Å². The quantitative estimate of drug-likeness (QED) is 0.198. The van der Waals surface area contributed by atoms with Gasteiger partial charge in [-0.15, -0.1) is 0 Å². The molecule has 4 aromatic rings. The third kappa shape index (κ3) is 6.33. The van der Waals surface area contributed by atoms with Gasteiger partial charge in [0.05, 0.1) is 18.9 Å². The molecule has 2 aliphatic rings. The molecule has 1 fully saturated rings. The van der Waals surface area contributed by atoms with Gasteiger partial charge in [0.1, 0.15) is 6.04 Å². The van der Waals surface area contributed by atoms with Crippen LogP contribution in [-0.4, -0.2) is 54.4 Å². The van der Waals surface area contributed by atoms with E-state index >= 15 is 0 Å². The Kier molecular flexibility index (Phi) is 8.22. The number of carboxylic acid groups (broad SMARTS) is 1. The molecule has 1 atom stereocenters. The van der Waals surface area contributed by atoms with E-state index in [9.17, 15) is 19.5 Å². The third-order valence-electron chi connectivity index (χ3n) is 7.01. The second kappa shape index (κ2) is 12.4. The number of H-pyrrole nitrogens is 1. The second-order valence-corrected chi connectivity index (χ2v) is 12.0. The Labute approximate surface area is 250 Å². The van der Waals surface area contributed by atoms with E-state index in [1.807, 2.05) is 72.8 Å². The number of nitrogens with one attached hydrogen (secondary N) is 3. The van der Waals surface area contributed by atoms with Crippen molar-refractivity contribution in [1.82, 2.24) is 10.3 Å². The van der Waals surface area contributed by atoms with Gasteiger partial charge in [-0.2, -0.15) is 0 Å². The number of aromatic amines is 1. The summed E-state index contributed by atoms with van der Waals surface area (Å²) in [6.45, 7) is 2.76. The first-order chi connectivity index (χ1) is 20.4. The van der Waals surface area contributed by atoms with Gasteiger partial charge in [0.25, 0.3) is 0 Å². The molecule has 9 nitrogen and oxygen atoms in total. The Morgan fingerprint density at radius 3 is 2.52 bits per heavy atom. The molecule has 4 N–H and O–H groups in total. The number of aromatic nitrogens is 1. The maximum absolute atomic E-state index is 13.1. The summed E-state index contributed by atoms with van der Waals surface area (Å²) in [4.78, 5) is 46.4. The van der Waals surface area contributed by atoms with Crippen LogP contribution in [0.1, 0.15) is 5.56 Å². The van der Waals surface area contributed by atoms with E-state index in [0.29, 0.717) is 18.9 Å². The lowest BCUT2D eigenvalue weighted by molar-refractivity contribution is -0.118. The standard InChI is InChI=1S/C31H28N4O5S2/c36-28-18-21(35-11-13-40-14-12-35)17-23(33-28)22-7-4-8-26-29(22)42-25-10-9-20(16-27(25)41-26)32-30(37)24(34-31(38)39)15-19-5-2-1-3-6-19/h1-10,16-18,24,34H,11-15H2,(H,32,37)(H,33,36)(H,38,39). The van der Waals surface area contributed by atoms with E-state index in [2.05, 4.69) is 20.5 Å². The number of anilines is 2. The Morgan fingerprint density at radius 1 is 0.929 bits per heavy atom. The normalized spacial score (nSPS) is 14.8. The minimum atomic E-state index is -1.26. The average Bonchev–Trinajstić information content (AvgIpc) is 3.00. The first kappa shape index (κ1) is 28.0. The van der Waals surface area contributed by atoms with Gasteiger partial charge >= 0.3 is 6.09 Å². The molecule has 1 aromatic heterocycles. The highest BCUT2D eigenvalue weighted by molar-refractivity contribution is 8.05. The third-order valence-corrected chi connectivity index (χ3v) is 9.61. The van der Waals surface area contributed by atoms with E-state index < -0.39 is 18.0 Å². The van der Waals surface area contributed by atoms with Crippen LogP contribution in [0.5, 0.6) is 0 Å². The molecule has 3 aromatic carbocycles. The maximum Gasteiger partial charge on any atom is 0.405 e. The minimum absolute atomic E-state index is 0.149. The van der Waals surface area contributed by atoms with Crippen molar-refractivity contribution in [3.63, 3.8) is 0 Å². The highest BCUT2D eigenvalue weighted by atomic mass is 32.2. The fourth-order valence-corrected chi connectivity index (χ4v) is 7.42. The zero-order valence-electron chi connectivity index (χ0n) is 22.5. The van der Waals surface area contributed by atoms with E-state index in [1.165, 1.54) is 0 Å². The minimum Gasteiger partial charge on any atom is -0.465 e. The zero-order valence-corrected chi connectivity index (χ0v) is 24.1. The Hall–Kier alpha value is -4.19. The predicted octanol–water partition coefficient (Wildman–Crippen LogP) is 5.31. The number of hydrogen-bond acceptors (Lipinski definition) is 7. The van der Waals surface area contributed by atoms with Crippen molar-refractivity contribution < 1.29 is 19.4 Å². The molecule has 0 aliphatic carbocycles. The molecule has 2 aliphatic heterocycles. The maximum atomic E-state index is 13.1. The number of nitrogens with zero attached hydrogens (tertiary/aromatic N) is 1. The summed E-state index contributed by atoms with van der Waals surface area (Å²) in [7, 11) is 0. The van der Waals surface area contributed by atoms with Gasteiger partial charge in [-0.1, -0.05) is 66.0 Å². The average molecular weight is 601 g/mol. The van der Waals surface area contributed by atoms with E-state index in [-0.39, 0.29) is 12.0 Å². The van der Waals surface area contributed by atoms with Gasteiger partial charge in [-0.05, 0) is 35.9 Å². The van der Waals surface area contributed by atoms with Crippen molar-refractivity contribution in [1.29, 1.82) is 0 Å². The van der Waals surface area contributed by atoms with Gasteiger partial charge in [-0.25, -0.2) is 4.79 Å². The summed E-state index contributed by atoms with van der Waals surface area (Å²) < 4.78 is 5.47. The fourth-order valence-electron chi connectivity index (χ4n) is 5.01. The molecule has 0 saturated carbocycles. The van der Waals surface area contributed by atoms with Gasteiger partial charge in [-0.3, -0.25) is 9.59 Å². The molecule has 0 bridgehead atoms. The molecule has 3 heterocycles. The Balaban J connectivity index is 1.22. The van der Waals surface area contributed by atoms with Crippen LogP contribution in [0, 0.1) is 0 Å². The Morgan fingerprint density at radius 2 is 1.74 bits per heavy atom. The van der Waals surface area contributed by atoms with Crippen molar-refractivity contribution in [2.24, 2.45) is 0 Å². The lowest BCUT2D eigenvalue weighted by Crippen LogP contribution is -2.44. The number of fused-ring (bicyclic) bond motifs is 2. The summed E-state index contributed by atoms with van der Waals surface area (Å²) >= 11 is 3.21. The Bertz CT molecular complexity index is 1690. The van der Waals surface area contributed by atoms with Crippen molar-refractivity contribution in [2.45, 2.75) is 32.0 Å². The molecular formula is C31H28N4O5S2. The van der Waals surface area contributed by atoms with Gasteiger partial charge in [0, 0.05) is 62.1 Å². The molecule has 214 valence electrons. The molecule has 42 heavy (non-hydrogen) atoms. The molecule has 6 rings (SSSR count). The number of amides is 2. The number of rotatable bonds is 7. The smallest absolute Gasteiger partial charge is 0.405 e. The molecule has 1 unspecified atom stereocenters. The largest absolute Gasteiger partial charge is 0.465 e. The number of morpholine rings is 1. The molecular weight excluding hydrogens is 572 g/mol. The van der Waals surface area contributed by atoms with Crippen LogP contribution in [0.15, 0.2) is 103 Å². The lowest BCUT2D eigenvalue weighted by Gasteiger charge is -2.29. The summed E-state index contributed by atoms with van der Waals surface area (Å²) in [5.74, 6) is -0.429. The first-order valence-electron chi connectivity index (χ1n) is 13.5. The van der Waals surface area contributed by atoms with Gasteiger partial charge in [0.2, 0.25) is 11.5 Å².